The molecule has 1 amide bonds. The fourth-order valence-corrected chi connectivity index (χ4v) is 5.98. The Hall–Kier alpha value is -4.65. The summed E-state index contributed by atoms with van der Waals surface area (Å²) in [5, 5.41) is 8.29. The Labute approximate surface area is 243 Å². The Balaban J connectivity index is 1.18. The van der Waals surface area contributed by atoms with E-state index < -0.39 is 0 Å². The zero-order valence-electron chi connectivity index (χ0n) is 21.7. The predicted molar refractivity (Wildman–Crippen MR) is 162 cm³/mol. The highest BCUT2D eigenvalue weighted by Gasteiger charge is 2.19. The van der Waals surface area contributed by atoms with Crippen molar-refractivity contribution in [2.45, 2.75) is 0 Å². The van der Waals surface area contributed by atoms with E-state index in [9.17, 15) is 4.79 Å². The van der Waals surface area contributed by atoms with Gasteiger partial charge in [-0.15, -0.1) is 22.7 Å². The first kappa shape index (κ1) is 25.3. The molecule has 10 nitrogen and oxygen atoms in total. The van der Waals surface area contributed by atoms with Crippen LogP contribution in [0.15, 0.2) is 84.1 Å². The van der Waals surface area contributed by atoms with Crippen molar-refractivity contribution < 1.29 is 9.53 Å². The van der Waals surface area contributed by atoms with Crippen molar-refractivity contribution in [3.8, 4) is 22.6 Å². The average Bonchev–Trinajstić information content (AvgIpc) is 3.77. The maximum Gasteiger partial charge on any atom is 0.267 e. The molecule has 7 rings (SSSR count). The van der Waals surface area contributed by atoms with Crippen molar-refractivity contribution in [1.29, 1.82) is 0 Å². The third kappa shape index (κ3) is 5.27. The minimum absolute atomic E-state index is 0.194. The van der Waals surface area contributed by atoms with Gasteiger partial charge in [0, 0.05) is 53.5 Å². The molecular weight excluding hydrogens is 557 g/mol. The van der Waals surface area contributed by atoms with Crippen molar-refractivity contribution in [2.75, 3.05) is 41.8 Å². The van der Waals surface area contributed by atoms with Crippen LogP contribution in [0.1, 0.15) is 9.67 Å². The van der Waals surface area contributed by atoms with Crippen LogP contribution in [0.3, 0.4) is 0 Å². The molecule has 0 bridgehead atoms. The molecule has 0 saturated carbocycles. The van der Waals surface area contributed by atoms with Gasteiger partial charge in [0.25, 0.3) is 5.91 Å². The molecule has 1 saturated heterocycles. The smallest absolute Gasteiger partial charge is 0.267 e. The quantitative estimate of drug-likeness (QED) is 0.244. The number of aromatic nitrogens is 5. The highest BCUT2D eigenvalue weighted by Crippen LogP contribution is 2.35. The molecule has 5 heterocycles. The predicted octanol–water partition coefficient (Wildman–Crippen LogP) is 5.81. The van der Waals surface area contributed by atoms with E-state index in [0.29, 0.717) is 16.5 Å². The first-order valence-electron chi connectivity index (χ1n) is 13.0. The van der Waals surface area contributed by atoms with E-state index in [1.165, 1.54) is 17.0 Å². The van der Waals surface area contributed by atoms with Crippen molar-refractivity contribution >= 4 is 56.6 Å². The Bertz CT molecular complexity index is 1810. The number of hydrogen-bond acceptors (Lipinski definition) is 10. The highest BCUT2D eigenvalue weighted by molar-refractivity contribution is 7.15. The summed E-state index contributed by atoms with van der Waals surface area (Å²) in [6, 6.07) is 17.8. The third-order valence-corrected chi connectivity index (χ3v) is 8.24. The van der Waals surface area contributed by atoms with Gasteiger partial charge in [0.1, 0.15) is 10.6 Å². The lowest BCUT2D eigenvalue weighted by Gasteiger charge is -2.28. The molecule has 0 radical (unpaired) electrons. The molecule has 41 heavy (non-hydrogen) atoms. The van der Waals surface area contributed by atoms with Gasteiger partial charge < -0.3 is 20.3 Å². The third-order valence-electron chi connectivity index (χ3n) is 6.71. The number of rotatable bonds is 7. The number of nitrogens with zero attached hydrogens (tertiary/aromatic N) is 6. The summed E-state index contributed by atoms with van der Waals surface area (Å²) in [7, 11) is 0. The van der Waals surface area contributed by atoms with Crippen LogP contribution in [0.2, 0.25) is 0 Å². The standard InChI is InChI=1S/C29H24N8O2S2/c38-27(24-17-30-18-41-24)32-21-3-1-2-19(16-21)25-26(37-12-15-40-29(37)35-25)23-8-9-31-28(34-23)33-20-4-6-22(7-5-20)36-10-13-39-14-11-36/h1-9,12,15-18H,10-11,13-14H2,(H,32,38)(H,31,33,34). The van der Waals surface area contributed by atoms with E-state index in [0.717, 1.165) is 59.6 Å². The van der Waals surface area contributed by atoms with Gasteiger partial charge in [-0.05, 0) is 42.5 Å². The van der Waals surface area contributed by atoms with E-state index in [-0.39, 0.29) is 5.91 Å². The lowest BCUT2D eigenvalue weighted by atomic mass is 10.1. The molecule has 6 aromatic rings. The molecule has 0 unspecified atom stereocenters. The Morgan fingerprint density at radius 2 is 1.85 bits per heavy atom. The van der Waals surface area contributed by atoms with Crippen LogP contribution < -0.4 is 15.5 Å². The van der Waals surface area contributed by atoms with E-state index in [1.54, 1.807) is 29.2 Å². The maximum atomic E-state index is 12.6. The summed E-state index contributed by atoms with van der Waals surface area (Å²) < 4.78 is 7.50. The maximum absolute atomic E-state index is 12.6. The second-order valence-corrected chi connectivity index (χ2v) is 11.1. The first-order valence-corrected chi connectivity index (χ1v) is 14.8. The highest BCUT2D eigenvalue weighted by atomic mass is 32.1. The molecule has 12 heteroatoms. The number of ether oxygens (including phenoxy) is 1. The minimum Gasteiger partial charge on any atom is -0.378 e. The fourth-order valence-electron chi connectivity index (χ4n) is 4.75. The second kappa shape index (κ2) is 11.1. The first-order chi connectivity index (χ1) is 20.2. The number of thiazole rings is 2. The Kier molecular flexibility index (Phi) is 6.85. The van der Waals surface area contributed by atoms with Crippen LogP contribution >= 0.6 is 22.7 Å². The van der Waals surface area contributed by atoms with Crippen LogP contribution in [0.5, 0.6) is 0 Å². The second-order valence-electron chi connectivity index (χ2n) is 9.30. The summed E-state index contributed by atoms with van der Waals surface area (Å²) in [6.45, 7) is 3.29. The largest absolute Gasteiger partial charge is 0.378 e. The number of benzene rings is 2. The molecule has 0 atom stereocenters. The molecule has 2 N–H and O–H groups in total. The zero-order chi connectivity index (χ0) is 27.6. The number of morpholine rings is 1. The SMILES string of the molecule is O=C(Nc1cccc(-c2nc3sccn3c2-c2ccnc(Nc3ccc(N4CCOCC4)cc3)n2)c1)c1cncs1. The number of imidazole rings is 1. The van der Waals surface area contributed by atoms with Gasteiger partial charge >= 0.3 is 0 Å². The number of fused-ring (bicyclic) bond motifs is 1. The molecule has 4 aromatic heterocycles. The lowest BCUT2D eigenvalue weighted by Crippen LogP contribution is -2.36. The molecule has 0 spiro atoms. The minimum atomic E-state index is -0.194. The van der Waals surface area contributed by atoms with Gasteiger partial charge in [0.15, 0.2) is 4.96 Å². The monoisotopic (exact) mass is 580 g/mol. The van der Waals surface area contributed by atoms with Gasteiger partial charge in [-0.25, -0.2) is 15.0 Å². The molecule has 1 aliphatic rings. The number of nitrogens with one attached hydrogen (secondary N) is 2. The number of carbonyl (C=O) groups is 1. The van der Waals surface area contributed by atoms with Gasteiger partial charge in [-0.1, -0.05) is 12.1 Å². The molecule has 2 aromatic carbocycles. The van der Waals surface area contributed by atoms with Crippen LogP contribution in [0, 0.1) is 0 Å². The normalized spacial score (nSPS) is 13.4. The van der Waals surface area contributed by atoms with E-state index in [1.807, 2.05) is 58.4 Å². The van der Waals surface area contributed by atoms with E-state index in [2.05, 4.69) is 37.6 Å². The summed E-state index contributed by atoms with van der Waals surface area (Å²) in [4.78, 5) is 34.6. The lowest BCUT2D eigenvalue weighted by molar-refractivity contribution is 0.103. The average molecular weight is 581 g/mol. The summed E-state index contributed by atoms with van der Waals surface area (Å²) >= 11 is 2.85. The fraction of sp³-hybridized carbons (Fsp3) is 0.138. The van der Waals surface area contributed by atoms with Gasteiger partial charge in [-0.2, -0.15) is 0 Å². The Morgan fingerprint density at radius 3 is 2.68 bits per heavy atom. The number of hydrogen-bond donors (Lipinski definition) is 2. The molecule has 1 fully saturated rings. The van der Waals surface area contributed by atoms with E-state index in [4.69, 9.17) is 14.7 Å². The van der Waals surface area contributed by atoms with Crippen LogP contribution in [0.25, 0.3) is 27.6 Å². The van der Waals surface area contributed by atoms with Crippen LogP contribution in [-0.4, -0.2) is 56.5 Å². The van der Waals surface area contributed by atoms with Crippen molar-refractivity contribution in [3.05, 3.63) is 89.0 Å². The Morgan fingerprint density at radius 1 is 0.976 bits per heavy atom. The molecule has 1 aliphatic heterocycles. The van der Waals surface area contributed by atoms with Crippen molar-refractivity contribution in [1.82, 2.24) is 24.3 Å². The van der Waals surface area contributed by atoms with Gasteiger partial charge in [-0.3, -0.25) is 14.2 Å². The molecule has 204 valence electrons. The number of carbonyl (C=O) groups excluding carboxylic acids is 1. The molecular formula is C29H24N8O2S2. The topological polar surface area (TPSA) is 110 Å². The van der Waals surface area contributed by atoms with Crippen LogP contribution in [-0.2, 0) is 4.74 Å². The van der Waals surface area contributed by atoms with Crippen molar-refractivity contribution in [3.63, 3.8) is 0 Å². The van der Waals surface area contributed by atoms with Gasteiger partial charge in [0.05, 0.1) is 36.3 Å². The zero-order valence-corrected chi connectivity index (χ0v) is 23.4. The summed E-state index contributed by atoms with van der Waals surface area (Å²) in [5.41, 5.74) is 7.60. The molecule has 0 aliphatic carbocycles. The summed E-state index contributed by atoms with van der Waals surface area (Å²) in [6.07, 6.45) is 5.29. The number of amides is 1. The van der Waals surface area contributed by atoms with Crippen molar-refractivity contribution in [2.24, 2.45) is 0 Å². The summed E-state index contributed by atoms with van der Waals surface area (Å²) in [5.74, 6) is 0.295. The van der Waals surface area contributed by atoms with Crippen LogP contribution in [0.4, 0.5) is 23.0 Å². The number of anilines is 4. The van der Waals surface area contributed by atoms with Gasteiger partial charge in [0.2, 0.25) is 5.95 Å². The van der Waals surface area contributed by atoms with E-state index >= 15 is 0 Å².